The summed E-state index contributed by atoms with van der Waals surface area (Å²) in [4.78, 5) is 23.9. The van der Waals surface area contributed by atoms with Crippen LogP contribution in [0.3, 0.4) is 0 Å². The summed E-state index contributed by atoms with van der Waals surface area (Å²) >= 11 is 1.15. The minimum Gasteiger partial charge on any atom is -0.338 e. The molecule has 0 spiro atoms. The van der Waals surface area contributed by atoms with E-state index in [0.29, 0.717) is 29.6 Å². The largest absolute Gasteiger partial charge is 0.338 e. The van der Waals surface area contributed by atoms with E-state index in [4.69, 9.17) is 0 Å². The van der Waals surface area contributed by atoms with Gasteiger partial charge in [0.15, 0.2) is 11.0 Å². The summed E-state index contributed by atoms with van der Waals surface area (Å²) in [5.41, 5.74) is 1.31. The van der Waals surface area contributed by atoms with Crippen LogP contribution in [-0.2, 0) is 11.3 Å². The summed E-state index contributed by atoms with van der Waals surface area (Å²) < 4.78 is 16.2. The molecule has 0 saturated heterocycles. The molecule has 1 atom stereocenters. The number of urea groups is 1. The van der Waals surface area contributed by atoms with Crippen LogP contribution in [0, 0.1) is 5.82 Å². The first-order chi connectivity index (χ1) is 14.5. The Balaban J connectivity index is 1.89. The molecule has 1 heterocycles. The minimum absolute atomic E-state index is 0.326. The molecule has 1 aromatic heterocycles. The van der Waals surface area contributed by atoms with Crippen LogP contribution in [0.4, 0.5) is 9.18 Å². The number of halogens is 1. The molecular weight excluding hydrogens is 405 g/mol. The van der Waals surface area contributed by atoms with Crippen molar-refractivity contribution >= 4 is 23.7 Å². The number of benzene rings is 2. The summed E-state index contributed by atoms with van der Waals surface area (Å²) in [5, 5.41) is 13.0. The normalized spacial score (nSPS) is 11.7. The van der Waals surface area contributed by atoms with Gasteiger partial charge in [-0.25, -0.2) is 9.18 Å². The number of thioether (sulfide) groups is 1. The second-order valence-corrected chi connectivity index (χ2v) is 7.77. The van der Waals surface area contributed by atoms with Gasteiger partial charge in [-0.05, 0) is 31.5 Å². The van der Waals surface area contributed by atoms with E-state index >= 15 is 0 Å². The third-order valence-electron chi connectivity index (χ3n) is 4.24. The molecule has 0 aliphatic carbocycles. The second kappa shape index (κ2) is 10.0. The van der Waals surface area contributed by atoms with E-state index in [0.717, 1.165) is 17.3 Å². The van der Waals surface area contributed by atoms with Crippen molar-refractivity contribution in [3.05, 3.63) is 66.0 Å². The fraction of sp³-hybridized carbons (Fsp3) is 0.238. The number of carbonyl (C=O) groups is 2. The van der Waals surface area contributed by atoms with Crippen molar-refractivity contribution in [1.29, 1.82) is 0 Å². The highest BCUT2D eigenvalue weighted by Crippen LogP contribution is 2.29. The first-order valence-electron chi connectivity index (χ1n) is 9.47. The van der Waals surface area contributed by atoms with E-state index in [1.807, 2.05) is 30.3 Å². The van der Waals surface area contributed by atoms with Gasteiger partial charge in [0.2, 0.25) is 5.91 Å². The van der Waals surface area contributed by atoms with Crippen LogP contribution in [0.1, 0.15) is 19.4 Å². The van der Waals surface area contributed by atoms with Gasteiger partial charge in [-0.2, -0.15) is 0 Å². The summed E-state index contributed by atoms with van der Waals surface area (Å²) in [6.45, 7) is 4.25. The number of imide groups is 1. The Morgan fingerprint density at radius 2 is 1.80 bits per heavy atom. The van der Waals surface area contributed by atoms with Gasteiger partial charge in [-0.3, -0.25) is 14.7 Å². The van der Waals surface area contributed by atoms with Gasteiger partial charge < -0.3 is 5.32 Å². The number of nitrogens with one attached hydrogen (secondary N) is 2. The lowest BCUT2D eigenvalue weighted by Crippen LogP contribution is -2.42. The van der Waals surface area contributed by atoms with Gasteiger partial charge in [0.05, 0.1) is 17.4 Å². The highest BCUT2D eigenvalue weighted by atomic mass is 32.2. The first-order valence-corrected chi connectivity index (χ1v) is 10.3. The van der Waals surface area contributed by atoms with Crippen LogP contribution in [0.25, 0.3) is 11.4 Å². The molecule has 156 valence electrons. The van der Waals surface area contributed by atoms with Crippen LogP contribution in [0.2, 0.25) is 0 Å². The van der Waals surface area contributed by atoms with Crippen LogP contribution in [-0.4, -0.2) is 38.5 Å². The van der Waals surface area contributed by atoms with Crippen LogP contribution < -0.4 is 10.6 Å². The van der Waals surface area contributed by atoms with Gasteiger partial charge in [0.1, 0.15) is 5.82 Å². The molecule has 0 saturated carbocycles. The maximum absolute atomic E-state index is 14.4. The average Bonchev–Trinajstić information content (AvgIpc) is 3.11. The zero-order valence-electron chi connectivity index (χ0n) is 16.6. The van der Waals surface area contributed by atoms with E-state index in [9.17, 15) is 14.0 Å². The number of rotatable bonds is 7. The van der Waals surface area contributed by atoms with Gasteiger partial charge in [-0.15, -0.1) is 10.2 Å². The number of nitrogens with zero attached hydrogens (tertiary/aromatic N) is 3. The zero-order chi connectivity index (χ0) is 21.5. The third-order valence-corrected chi connectivity index (χ3v) is 5.32. The Labute approximate surface area is 178 Å². The van der Waals surface area contributed by atoms with Gasteiger partial charge in [-0.1, -0.05) is 54.2 Å². The summed E-state index contributed by atoms with van der Waals surface area (Å²) in [6, 6.07) is 15.4. The number of amides is 3. The Kier molecular flexibility index (Phi) is 7.18. The molecule has 0 bridgehead atoms. The van der Waals surface area contributed by atoms with Gasteiger partial charge in [0.25, 0.3) is 0 Å². The van der Waals surface area contributed by atoms with Crippen molar-refractivity contribution in [2.45, 2.75) is 30.8 Å². The number of carbonyl (C=O) groups excluding carboxylic acids is 2. The Morgan fingerprint density at radius 3 is 2.50 bits per heavy atom. The molecule has 2 N–H and O–H groups in total. The quantitative estimate of drug-likeness (QED) is 0.564. The monoisotopic (exact) mass is 427 g/mol. The third kappa shape index (κ3) is 5.24. The molecule has 9 heteroatoms. The predicted molar refractivity (Wildman–Crippen MR) is 113 cm³/mol. The molecule has 0 radical (unpaired) electrons. The molecule has 7 nitrogen and oxygen atoms in total. The second-order valence-electron chi connectivity index (χ2n) is 6.47. The molecule has 0 unspecified atom stereocenters. The molecule has 2 aromatic carbocycles. The minimum atomic E-state index is -0.611. The first kappa shape index (κ1) is 21.5. The molecule has 3 aromatic rings. The number of hydrogen-bond acceptors (Lipinski definition) is 5. The SMILES string of the molecule is CCNC(=O)NC(=O)[C@H](C)Sc1nnc(-c2ccccc2F)n1Cc1ccccc1. The lowest BCUT2D eigenvalue weighted by molar-refractivity contribution is -0.119. The van der Waals surface area contributed by atoms with Crippen molar-refractivity contribution in [1.82, 2.24) is 25.4 Å². The highest BCUT2D eigenvalue weighted by Gasteiger charge is 2.23. The van der Waals surface area contributed by atoms with E-state index in [1.165, 1.54) is 6.07 Å². The fourth-order valence-electron chi connectivity index (χ4n) is 2.76. The van der Waals surface area contributed by atoms with Gasteiger partial charge in [0, 0.05) is 6.54 Å². The maximum Gasteiger partial charge on any atom is 0.321 e. The molecule has 0 fully saturated rings. The molecule has 0 aliphatic heterocycles. The summed E-state index contributed by atoms with van der Waals surface area (Å²) in [6.07, 6.45) is 0. The average molecular weight is 428 g/mol. The topological polar surface area (TPSA) is 88.9 Å². The Hall–Kier alpha value is -3.20. The lowest BCUT2D eigenvalue weighted by Gasteiger charge is -2.14. The molecule has 3 amide bonds. The fourth-order valence-corrected chi connectivity index (χ4v) is 3.60. The van der Waals surface area contributed by atoms with E-state index in [2.05, 4.69) is 20.8 Å². The molecule has 30 heavy (non-hydrogen) atoms. The van der Waals surface area contributed by atoms with Crippen LogP contribution >= 0.6 is 11.8 Å². The van der Waals surface area contributed by atoms with Crippen molar-refractivity contribution in [2.75, 3.05) is 6.54 Å². The van der Waals surface area contributed by atoms with Crippen molar-refractivity contribution in [2.24, 2.45) is 0 Å². The molecule has 3 rings (SSSR count). The summed E-state index contributed by atoms with van der Waals surface area (Å²) in [7, 11) is 0. The van der Waals surface area contributed by atoms with Crippen molar-refractivity contribution in [3.8, 4) is 11.4 Å². The molecule has 0 aliphatic rings. The number of hydrogen-bond donors (Lipinski definition) is 2. The maximum atomic E-state index is 14.4. The molecular formula is C21H22FN5O2S. The van der Waals surface area contributed by atoms with Crippen LogP contribution in [0.15, 0.2) is 59.8 Å². The zero-order valence-corrected chi connectivity index (χ0v) is 17.4. The smallest absolute Gasteiger partial charge is 0.321 e. The van der Waals surface area contributed by atoms with E-state index in [-0.39, 0.29) is 0 Å². The van der Waals surface area contributed by atoms with Crippen molar-refractivity contribution in [3.63, 3.8) is 0 Å². The predicted octanol–water partition coefficient (Wildman–Crippen LogP) is 3.46. The lowest BCUT2D eigenvalue weighted by atomic mass is 10.2. The Morgan fingerprint density at radius 1 is 1.10 bits per heavy atom. The Bertz CT molecular complexity index is 1030. The van der Waals surface area contributed by atoms with Crippen LogP contribution in [0.5, 0.6) is 0 Å². The van der Waals surface area contributed by atoms with Gasteiger partial charge >= 0.3 is 6.03 Å². The van der Waals surface area contributed by atoms with E-state index in [1.54, 1.807) is 36.6 Å². The summed E-state index contributed by atoms with van der Waals surface area (Å²) in [5.74, 6) is -0.485. The van der Waals surface area contributed by atoms with E-state index < -0.39 is 23.0 Å². The standard InChI is InChI=1S/C21H22FN5O2S/c1-3-23-20(29)24-19(28)14(2)30-21-26-25-18(16-11-7-8-12-17(16)22)27(21)13-15-9-5-4-6-10-15/h4-12,14H,3,13H2,1-2H3,(H2,23,24,28,29)/t14-/m0/s1. The number of aromatic nitrogens is 3. The highest BCUT2D eigenvalue weighted by molar-refractivity contribution is 8.00. The van der Waals surface area contributed by atoms with Crippen molar-refractivity contribution < 1.29 is 14.0 Å².